The minimum absolute atomic E-state index is 0.114. The van der Waals surface area contributed by atoms with E-state index < -0.39 is 23.2 Å². The van der Waals surface area contributed by atoms with Crippen LogP contribution in [0, 0.1) is 11.6 Å². The molecule has 0 radical (unpaired) electrons. The first-order valence-electron chi connectivity index (χ1n) is 7.04. The molecule has 7 heteroatoms. The van der Waals surface area contributed by atoms with Crippen molar-refractivity contribution in [2.24, 2.45) is 0 Å². The van der Waals surface area contributed by atoms with Gasteiger partial charge < -0.3 is 14.3 Å². The van der Waals surface area contributed by atoms with Crippen molar-refractivity contribution in [2.75, 3.05) is 5.32 Å². The molecule has 0 saturated heterocycles. The molecule has 0 atom stereocenters. The van der Waals surface area contributed by atoms with Gasteiger partial charge in [-0.05, 0) is 30.3 Å². The zero-order chi connectivity index (χ0) is 17.1. The van der Waals surface area contributed by atoms with Crippen LogP contribution in [0.15, 0.2) is 63.9 Å². The lowest BCUT2D eigenvalue weighted by atomic mass is 10.3. The lowest BCUT2D eigenvalue weighted by Gasteiger charge is -2.06. The number of benzene rings is 1. The van der Waals surface area contributed by atoms with Crippen LogP contribution >= 0.6 is 0 Å². The largest absolute Gasteiger partial charge is 0.454 e. The minimum Gasteiger partial charge on any atom is -0.454 e. The molecule has 122 valence electrons. The fraction of sp³-hybridized carbons (Fsp3) is 0.0588. The zero-order valence-electron chi connectivity index (χ0n) is 12.3. The number of rotatable bonds is 4. The van der Waals surface area contributed by atoms with Gasteiger partial charge in [-0.3, -0.25) is 9.59 Å². The first kappa shape index (κ1) is 15.7. The summed E-state index contributed by atoms with van der Waals surface area (Å²) in [4.78, 5) is 23.7. The molecule has 5 nitrogen and oxygen atoms in total. The highest BCUT2D eigenvalue weighted by Gasteiger charge is 2.16. The third-order valence-corrected chi connectivity index (χ3v) is 3.31. The number of amides is 1. The molecule has 1 amide bonds. The third-order valence-electron chi connectivity index (χ3n) is 3.31. The molecule has 0 aliphatic heterocycles. The summed E-state index contributed by atoms with van der Waals surface area (Å²) in [5, 5.41) is 2.13. The van der Waals surface area contributed by atoms with Crippen molar-refractivity contribution in [1.29, 1.82) is 0 Å². The van der Waals surface area contributed by atoms with Gasteiger partial charge in [-0.25, -0.2) is 8.78 Å². The number of halogens is 2. The minimum atomic E-state index is -0.883. The van der Waals surface area contributed by atoms with Crippen molar-refractivity contribution in [3.05, 3.63) is 88.2 Å². The zero-order valence-corrected chi connectivity index (χ0v) is 12.3. The van der Waals surface area contributed by atoms with E-state index in [0.29, 0.717) is 5.76 Å². The van der Waals surface area contributed by atoms with E-state index in [0.717, 1.165) is 12.1 Å². The first-order chi connectivity index (χ1) is 11.5. The van der Waals surface area contributed by atoms with E-state index in [-0.39, 0.29) is 17.9 Å². The Labute approximate surface area is 135 Å². The fourth-order valence-corrected chi connectivity index (χ4v) is 2.14. The Morgan fingerprint density at radius 3 is 2.50 bits per heavy atom. The second-order valence-electron chi connectivity index (χ2n) is 4.98. The first-order valence-corrected chi connectivity index (χ1v) is 7.04. The molecule has 1 N–H and O–H groups in total. The second-order valence-corrected chi connectivity index (χ2v) is 4.98. The van der Waals surface area contributed by atoms with Crippen LogP contribution in [0.5, 0.6) is 0 Å². The molecule has 0 aliphatic carbocycles. The maximum atomic E-state index is 13.5. The number of hydrogen-bond donors (Lipinski definition) is 1. The molecule has 0 spiro atoms. The Morgan fingerprint density at radius 1 is 1.04 bits per heavy atom. The molecule has 0 saturated carbocycles. The molecule has 0 aliphatic rings. The topological polar surface area (TPSA) is 64.2 Å². The van der Waals surface area contributed by atoms with Gasteiger partial charge in [-0.1, -0.05) is 12.1 Å². The van der Waals surface area contributed by atoms with E-state index in [2.05, 4.69) is 5.32 Å². The smallest absolute Gasteiger partial charge is 0.291 e. The van der Waals surface area contributed by atoms with Gasteiger partial charge in [-0.2, -0.15) is 0 Å². The summed E-state index contributed by atoms with van der Waals surface area (Å²) in [6.07, 6.45) is 1.58. The Hall–Kier alpha value is -3.22. The molecule has 3 aromatic rings. The van der Waals surface area contributed by atoms with Crippen LogP contribution in [0.2, 0.25) is 0 Å². The summed E-state index contributed by atoms with van der Waals surface area (Å²) in [6, 6.07) is 10.9. The average Bonchev–Trinajstić information content (AvgIpc) is 3.02. The highest BCUT2D eigenvalue weighted by molar-refractivity contribution is 6.02. The van der Waals surface area contributed by atoms with E-state index >= 15 is 0 Å². The molecular formula is C17H12F2N2O3. The molecule has 2 aromatic heterocycles. The molecular weight excluding hydrogens is 318 g/mol. The SMILES string of the molecule is O=C(Nc1c(F)cccc1F)c1ccc(Cn2ccccc2=O)o1. The average molecular weight is 330 g/mol. The van der Waals surface area contributed by atoms with Gasteiger partial charge in [-0.15, -0.1) is 0 Å². The number of carbonyl (C=O) groups excluding carboxylic acids is 1. The molecule has 24 heavy (non-hydrogen) atoms. The highest BCUT2D eigenvalue weighted by Crippen LogP contribution is 2.19. The standard InChI is InChI=1S/C17H12F2N2O3/c18-12-4-3-5-13(19)16(12)20-17(23)14-8-7-11(24-14)10-21-9-2-1-6-15(21)22/h1-9H,10H2,(H,20,23). The van der Waals surface area contributed by atoms with Gasteiger partial charge in [0.2, 0.25) is 0 Å². The number of aromatic nitrogens is 1. The summed E-state index contributed by atoms with van der Waals surface area (Å²) >= 11 is 0. The Bertz CT molecular complexity index is 927. The van der Waals surface area contributed by atoms with E-state index in [1.54, 1.807) is 18.3 Å². The number of para-hydroxylation sites is 1. The summed E-state index contributed by atoms with van der Waals surface area (Å²) < 4.78 is 33.8. The predicted molar refractivity (Wildman–Crippen MR) is 82.8 cm³/mol. The predicted octanol–water partition coefficient (Wildman–Crippen LogP) is 3.02. The molecule has 0 bridgehead atoms. The summed E-state index contributed by atoms with van der Waals surface area (Å²) in [5.74, 6) is -2.30. The monoisotopic (exact) mass is 330 g/mol. The van der Waals surface area contributed by atoms with Gasteiger partial charge in [0.1, 0.15) is 23.1 Å². The van der Waals surface area contributed by atoms with Crippen LogP contribution in [-0.4, -0.2) is 10.5 Å². The van der Waals surface area contributed by atoms with Crippen molar-refractivity contribution < 1.29 is 18.0 Å². The van der Waals surface area contributed by atoms with E-state index in [9.17, 15) is 18.4 Å². The molecule has 3 rings (SSSR count). The van der Waals surface area contributed by atoms with Crippen LogP contribution in [-0.2, 0) is 6.54 Å². The number of hydrogen-bond acceptors (Lipinski definition) is 3. The van der Waals surface area contributed by atoms with E-state index in [1.165, 1.54) is 28.8 Å². The summed E-state index contributed by atoms with van der Waals surface area (Å²) in [6.45, 7) is 0.140. The van der Waals surface area contributed by atoms with Gasteiger partial charge in [0, 0.05) is 12.3 Å². The molecule has 0 fully saturated rings. The van der Waals surface area contributed by atoms with Crippen molar-refractivity contribution >= 4 is 11.6 Å². The van der Waals surface area contributed by atoms with Crippen LogP contribution < -0.4 is 10.9 Å². The second kappa shape index (κ2) is 6.49. The number of carbonyl (C=O) groups is 1. The number of nitrogens with zero attached hydrogens (tertiary/aromatic N) is 1. The van der Waals surface area contributed by atoms with Crippen LogP contribution in [0.4, 0.5) is 14.5 Å². The Morgan fingerprint density at radius 2 is 1.79 bits per heavy atom. The maximum Gasteiger partial charge on any atom is 0.291 e. The van der Waals surface area contributed by atoms with Crippen LogP contribution in [0.3, 0.4) is 0 Å². The van der Waals surface area contributed by atoms with E-state index in [4.69, 9.17) is 4.42 Å². The number of furan rings is 1. The van der Waals surface area contributed by atoms with Gasteiger partial charge >= 0.3 is 0 Å². The lowest BCUT2D eigenvalue weighted by Crippen LogP contribution is -2.18. The van der Waals surface area contributed by atoms with E-state index in [1.807, 2.05) is 0 Å². The van der Waals surface area contributed by atoms with Gasteiger partial charge in [0.15, 0.2) is 5.76 Å². The molecule has 2 heterocycles. The molecule has 0 unspecified atom stereocenters. The highest BCUT2D eigenvalue weighted by atomic mass is 19.1. The summed E-state index contributed by atoms with van der Waals surface area (Å²) in [5.41, 5.74) is -0.756. The van der Waals surface area contributed by atoms with Gasteiger partial charge in [0.25, 0.3) is 11.5 Å². The van der Waals surface area contributed by atoms with Crippen molar-refractivity contribution in [1.82, 2.24) is 4.57 Å². The maximum absolute atomic E-state index is 13.5. The van der Waals surface area contributed by atoms with Crippen LogP contribution in [0.25, 0.3) is 0 Å². The van der Waals surface area contributed by atoms with Crippen molar-refractivity contribution in [2.45, 2.75) is 6.54 Å². The Kier molecular flexibility index (Phi) is 4.24. The number of pyridine rings is 1. The van der Waals surface area contributed by atoms with Crippen LogP contribution in [0.1, 0.15) is 16.3 Å². The number of anilines is 1. The number of nitrogens with one attached hydrogen (secondary N) is 1. The normalized spacial score (nSPS) is 10.6. The summed E-state index contributed by atoms with van der Waals surface area (Å²) in [7, 11) is 0. The lowest BCUT2D eigenvalue weighted by molar-refractivity contribution is 0.0993. The Balaban J connectivity index is 1.77. The quantitative estimate of drug-likeness (QED) is 0.800. The van der Waals surface area contributed by atoms with Gasteiger partial charge in [0.05, 0.1) is 6.54 Å². The van der Waals surface area contributed by atoms with Crippen molar-refractivity contribution in [3.8, 4) is 0 Å². The fourth-order valence-electron chi connectivity index (χ4n) is 2.14. The third kappa shape index (κ3) is 3.24. The van der Waals surface area contributed by atoms with Crippen molar-refractivity contribution in [3.63, 3.8) is 0 Å². The molecule has 1 aromatic carbocycles.